The Kier molecular flexibility index (Phi) is 6.83. The number of anilines is 1. The van der Waals surface area contributed by atoms with Crippen molar-refractivity contribution in [3.05, 3.63) is 101 Å². The van der Waals surface area contributed by atoms with Crippen LogP contribution >= 0.6 is 11.6 Å². The minimum atomic E-state index is -0.641. The smallest absolute Gasteiger partial charge is 0.253 e. The number of halogens is 1. The van der Waals surface area contributed by atoms with E-state index in [0.717, 1.165) is 5.56 Å². The third kappa shape index (κ3) is 5.24. The Morgan fingerprint density at radius 1 is 0.833 bits per heavy atom. The van der Waals surface area contributed by atoms with Crippen LogP contribution in [0.4, 0.5) is 5.69 Å². The maximum absolute atomic E-state index is 12.7. The molecule has 4 N–H and O–H groups in total. The van der Waals surface area contributed by atoms with Gasteiger partial charge in [-0.2, -0.15) is 0 Å². The van der Waals surface area contributed by atoms with Crippen LogP contribution in [0.15, 0.2) is 78.9 Å². The second-order valence-electron chi connectivity index (χ2n) is 6.58. The highest BCUT2D eigenvalue weighted by Crippen LogP contribution is 2.22. The fourth-order valence-corrected chi connectivity index (χ4v) is 3.23. The van der Waals surface area contributed by atoms with Gasteiger partial charge < -0.3 is 16.4 Å². The summed E-state index contributed by atoms with van der Waals surface area (Å²) in [7, 11) is 0. The number of hydrogen-bond acceptors (Lipinski definition) is 3. The summed E-state index contributed by atoms with van der Waals surface area (Å²) in [6.07, 6.45) is -0.0483. The third-order valence-electron chi connectivity index (χ3n) is 4.48. The molecule has 0 saturated carbocycles. The summed E-state index contributed by atoms with van der Waals surface area (Å²) in [6.45, 7) is 0. The predicted octanol–water partition coefficient (Wildman–Crippen LogP) is 3.94. The molecule has 0 aliphatic rings. The van der Waals surface area contributed by atoms with Gasteiger partial charge in [0.15, 0.2) is 0 Å². The summed E-state index contributed by atoms with van der Waals surface area (Å²) >= 11 is 6.12. The standard InChI is InChI=1S/C23H20ClN3O3/c24-18-12-6-4-10-16(18)23(30)27-20(15-8-2-1-3-9-15)14-21(28)26-19-13-7-5-11-17(19)22(25)29/h1-13,20H,14H2,(H2,25,29)(H,26,28)(H,27,30). The fraction of sp³-hybridized carbons (Fsp3) is 0.0870. The number of nitrogens with one attached hydrogen (secondary N) is 2. The summed E-state index contributed by atoms with van der Waals surface area (Å²) in [5, 5.41) is 5.89. The highest BCUT2D eigenvalue weighted by atomic mass is 35.5. The lowest BCUT2D eigenvalue weighted by molar-refractivity contribution is -0.116. The van der Waals surface area contributed by atoms with Gasteiger partial charge >= 0.3 is 0 Å². The molecule has 1 unspecified atom stereocenters. The average molecular weight is 422 g/mol. The fourth-order valence-electron chi connectivity index (χ4n) is 3.01. The largest absolute Gasteiger partial charge is 0.366 e. The molecular weight excluding hydrogens is 402 g/mol. The van der Waals surface area contributed by atoms with Crippen molar-refractivity contribution in [1.29, 1.82) is 0 Å². The van der Waals surface area contributed by atoms with Gasteiger partial charge in [-0.15, -0.1) is 0 Å². The van der Waals surface area contributed by atoms with E-state index in [-0.39, 0.29) is 23.8 Å². The molecule has 3 aromatic carbocycles. The summed E-state index contributed by atoms with van der Waals surface area (Å²) in [6, 6.07) is 21.7. The first kappa shape index (κ1) is 21.1. The zero-order valence-electron chi connectivity index (χ0n) is 16.0. The lowest BCUT2D eigenvalue weighted by Gasteiger charge is -2.20. The van der Waals surface area contributed by atoms with Gasteiger partial charge in [0.2, 0.25) is 5.91 Å². The van der Waals surface area contributed by atoms with Gasteiger partial charge in [-0.05, 0) is 29.8 Å². The molecule has 152 valence electrons. The summed E-state index contributed by atoms with van der Waals surface area (Å²) < 4.78 is 0. The zero-order valence-corrected chi connectivity index (χ0v) is 16.7. The summed E-state index contributed by atoms with van der Waals surface area (Å²) in [5.74, 6) is -1.41. The van der Waals surface area contributed by atoms with Crippen molar-refractivity contribution in [2.45, 2.75) is 12.5 Å². The Bertz CT molecular complexity index is 1070. The molecule has 0 aromatic heterocycles. The monoisotopic (exact) mass is 421 g/mol. The average Bonchev–Trinajstić information content (AvgIpc) is 2.74. The molecule has 0 saturated heterocycles. The Labute approximate surface area is 179 Å². The van der Waals surface area contributed by atoms with Crippen molar-refractivity contribution >= 4 is 35.0 Å². The normalized spacial score (nSPS) is 11.4. The summed E-state index contributed by atoms with van der Waals surface area (Å²) in [5.41, 5.74) is 6.98. The van der Waals surface area contributed by atoms with E-state index in [2.05, 4.69) is 10.6 Å². The quantitative estimate of drug-likeness (QED) is 0.538. The van der Waals surface area contributed by atoms with Crippen molar-refractivity contribution in [2.24, 2.45) is 5.73 Å². The SMILES string of the molecule is NC(=O)c1ccccc1NC(=O)CC(NC(=O)c1ccccc1Cl)c1ccccc1. The first-order chi connectivity index (χ1) is 14.5. The molecule has 0 spiro atoms. The molecule has 0 bridgehead atoms. The highest BCUT2D eigenvalue weighted by Gasteiger charge is 2.21. The van der Waals surface area contributed by atoms with Gasteiger partial charge in [0, 0.05) is 0 Å². The van der Waals surface area contributed by atoms with E-state index in [1.165, 1.54) is 6.07 Å². The first-order valence-corrected chi connectivity index (χ1v) is 9.62. The number of carbonyl (C=O) groups excluding carboxylic acids is 3. The molecule has 0 fully saturated rings. The van der Waals surface area contributed by atoms with Crippen LogP contribution in [0.25, 0.3) is 0 Å². The molecule has 1 atom stereocenters. The molecule has 0 aliphatic heterocycles. The van der Waals surface area contributed by atoms with Gasteiger partial charge in [0.1, 0.15) is 0 Å². The minimum Gasteiger partial charge on any atom is -0.366 e. The van der Waals surface area contributed by atoms with Crippen LogP contribution < -0.4 is 16.4 Å². The maximum atomic E-state index is 12.7. The van der Waals surface area contributed by atoms with Crippen LogP contribution in [0.2, 0.25) is 5.02 Å². The number of nitrogens with two attached hydrogens (primary N) is 1. The van der Waals surface area contributed by atoms with E-state index in [4.69, 9.17) is 17.3 Å². The van der Waals surface area contributed by atoms with E-state index >= 15 is 0 Å². The van der Waals surface area contributed by atoms with E-state index < -0.39 is 11.9 Å². The summed E-state index contributed by atoms with van der Waals surface area (Å²) in [4.78, 5) is 37.0. The Hall–Kier alpha value is -3.64. The van der Waals surface area contributed by atoms with Crippen LogP contribution in [-0.2, 0) is 4.79 Å². The van der Waals surface area contributed by atoms with Crippen molar-refractivity contribution in [1.82, 2.24) is 5.32 Å². The van der Waals surface area contributed by atoms with Crippen LogP contribution in [0.1, 0.15) is 38.7 Å². The van der Waals surface area contributed by atoms with Crippen molar-refractivity contribution in [3.63, 3.8) is 0 Å². The van der Waals surface area contributed by atoms with Crippen LogP contribution in [0, 0.1) is 0 Å². The van der Waals surface area contributed by atoms with Gasteiger partial charge in [-0.1, -0.05) is 66.2 Å². The Morgan fingerprint density at radius 2 is 1.43 bits per heavy atom. The second kappa shape index (κ2) is 9.71. The number of benzene rings is 3. The molecule has 7 heteroatoms. The van der Waals surface area contributed by atoms with E-state index in [1.54, 1.807) is 42.5 Å². The number of hydrogen-bond donors (Lipinski definition) is 3. The van der Waals surface area contributed by atoms with Crippen molar-refractivity contribution < 1.29 is 14.4 Å². The van der Waals surface area contributed by atoms with Crippen LogP contribution in [0.3, 0.4) is 0 Å². The molecule has 0 heterocycles. The van der Waals surface area contributed by atoms with Crippen molar-refractivity contribution in [3.8, 4) is 0 Å². The number of amides is 3. The van der Waals surface area contributed by atoms with Gasteiger partial charge in [0.25, 0.3) is 11.8 Å². The Morgan fingerprint density at radius 3 is 2.10 bits per heavy atom. The maximum Gasteiger partial charge on any atom is 0.253 e. The van der Waals surface area contributed by atoms with E-state index in [1.807, 2.05) is 30.3 Å². The molecule has 6 nitrogen and oxygen atoms in total. The second-order valence-corrected chi connectivity index (χ2v) is 6.99. The molecule has 3 rings (SSSR count). The number of para-hydroxylation sites is 1. The van der Waals surface area contributed by atoms with E-state index in [0.29, 0.717) is 16.3 Å². The molecule has 30 heavy (non-hydrogen) atoms. The third-order valence-corrected chi connectivity index (χ3v) is 4.81. The molecule has 0 aliphatic carbocycles. The van der Waals surface area contributed by atoms with Gasteiger partial charge in [-0.25, -0.2) is 0 Å². The molecule has 3 aromatic rings. The number of rotatable bonds is 7. The van der Waals surface area contributed by atoms with Crippen LogP contribution in [-0.4, -0.2) is 17.7 Å². The minimum absolute atomic E-state index is 0.0483. The molecule has 0 radical (unpaired) electrons. The molecular formula is C23H20ClN3O3. The predicted molar refractivity (Wildman–Crippen MR) is 116 cm³/mol. The lowest BCUT2D eigenvalue weighted by atomic mass is 10.0. The molecule has 3 amide bonds. The lowest BCUT2D eigenvalue weighted by Crippen LogP contribution is -2.32. The zero-order chi connectivity index (χ0) is 21.5. The first-order valence-electron chi connectivity index (χ1n) is 9.24. The van der Waals surface area contributed by atoms with Crippen molar-refractivity contribution in [2.75, 3.05) is 5.32 Å². The van der Waals surface area contributed by atoms with Gasteiger partial charge in [-0.3, -0.25) is 14.4 Å². The van der Waals surface area contributed by atoms with Crippen LogP contribution in [0.5, 0.6) is 0 Å². The topological polar surface area (TPSA) is 101 Å². The van der Waals surface area contributed by atoms with E-state index in [9.17, 15) is 14.4 Å². The highest BCUT2D eigenvalue weighted by molar-refractivity contribution is 6.33. The number of primary amides is 1. The van der Waals surface area contributed by atoms with Gasteiger partial charge in [0.05, 0.1) is 34.3 Å². The number of carbonyl (C=O) groups is 3. The Balaban J connectivity index is 1.80.